The van der Waals surface area contributed by atoms with Crippen molar-refractivity contribution in [3.63, 3.8) is 0 Å². The molecule has 0 aliphatic heterocycles. The number of aryl methyl sites for hydroxylation is 1. The molecule has 23 heavy (non-hydrogen) atoms. The summed E-state index contributed by atoms with van der Waals surface area (Å²) in [6.45, 7) is 4.40. The molecule has 0 saturated carbocycles. The standard InChI is InChI=1S/C15H19ClN4O2S/c1-3-5-6-22-14(21)9-7-10(16)13(11(17)8-9)23-15-18-12(4-2)19-20-15/h7-8H,3-6,17H2,1-2H3,(H,18,19,20). The van der Waals surface area contributed by atoms with Gasteiger partial charge in [-0.3, -0.25) is 5.10 Å². The van der Waals surface area contributed by atoms with Gasteiger partial charge in [0.2, 0.25) is 5.16 Å². The molecule has 3 N–H and O–H groups in total. The number of nitrogen functional groups attached to an aromatic ring is 1. The second kappa shape index (κ2) is 8.21. The van der Waals surface area contributed by atoms with Gasteiger partial charge in [-0.2, -0.15) is 0 Å². The molecule has 1 heterocycles. The molecular formula is C15H19ClN4O2S. The van der Waals surface area contributed by atoms with Crippen molar-refractivity contribution in [1.82, 2.24) is 15.2 Å². The number of nitrogens with two attached hydrogens (primary N) is 1. The third-order valence-corrected chi connectivity index (χ3v) is 4.51. The highest BCUT2D eigenvalue weighted by atomic mass is 35.5. The Balaban J connectivity index is 2.14. The first-order chi connectivity index (χ1) is 11.0. The van der Waals surface area contributed by atoms with Crippen LogP contribution in [0.3, 0.4) is 0 Å². The van der Waals surface area contributed by atoms with Gasteiger partial charge in [0.25, 0.3) is 0 Å². The number of esters is 1. The van der Waals surface area contributed by atoms with Crippen molar-refractivity contribution in [2.45, 2.75) is 43.2 Å². The lowest BCUT2D eigenvalue weighted by Crippen LogP contribution is -2.07. The maximum absolute atomic E-state index is 12.0. The number of carbonyl (C=O) groups is 1. The molecule has 2 aromatic rings. The number of nitrogens with zero attached hydrogens (tertiary/aromatic N) is 2. The minimum absolute atomic E-state index is 0.345. The van der Waals surface area contributed by atoms with E-state index in [1.54, 1.807) is 12.1 Å². The summed E-state index contributed by atoms with van der Waals surface area (Å²) in [5.74, 6) is 0.369. The first-order valence-corrected chi connectivity index (χ1v) is 8.59. The molecule has 0 saturated heterocycles. The fourth-order valence-corrected chi connectivity index (χ4v) is 2.91. The molecule has 0 radical (unpaired) electrons. The number of aromatic nitrogens is 3. The van der Waals surface area contributed by atoms with Crippen LogP contribution in [0, 0.1) is 0 Å². The van der Waals surface area contributed by atoms with Crippen molar-refractivity contribution in [1.29, 1.82) is 0 Å². The van der Waals surface area contributed by atoms with Crippen molar-refractivity contribution >= 4 is 35.0 Å². The smallest absolute Gasteiger partial charge is 0.338 e. The predicted octanol–water partition coefficient (Wildman–Crippen LogP) is 3.71. The summed E-state index contributed by atoms with van der Waals surface area (Å²) in [5, 5.41) is 7.84. The third kappa shape index (κ3) is 4.62. The van der Waals surface area contributed by atoms with E-state index in [1.165, 1.54) is 11.8 Å². The van der Waals surface area contributed by atoms with Gasteiger partial charge in [-0.05, 0) is 30.3 Å². The molecule has 0 bridgehead atoms. The molecule has 0 aliphatic carbocycles. The van der Waals surface area contributed by atoms with Gasteiger partial charge in [-0.15, -0.1) is 5.10 Å². The number of hydrogen-bond donors (Lipinski definition) is 2. The number of ether oxygens (including phenoxy) is 1. The van der Waals surface area contributed by atoms with Crippen molar-refractivity contribution in [2.24, 2.45) is 0 Å². The lowest BCUT2D eigenvalue weighted by Gasteiger charge is -2.09. The Morgan fingerprint density at radius 2 is 2.22 bits per heavy atom. The normalized spacial score (nSPS) is 10.7. The minimum Gasteiger partial charge on any atom is -0.462 e. The fraction of sp³-hybridized carbons (Fsp3) is 0.400. The lowest BCUT2D eigenvalue weighted by atomic mass is 10.2. The molecular weight excluding hydrogens is 336 g/mol. The fourth-order valence-electron chi connectivity index (χ4n) is 1.81. The maximum Gasteiger partial charge on any atom is 0.338 e. The summed E-state index contributed by atoms with van der Waals surface area (Å²) in [4.78, 5) is 16.9. The summed E-state index contributed by atoms with van der Waals surface area (Å²) in [6.07, 6.45) is 2.55. The van der Waals surface area contributed by atoms with Crippen LogP contribution in [0.5, 0.6) is 0 Å². The van der Waals surface area contributed by atoms with Gasteiger partial charge < -0.3 is 10.5 Å². The summed E-state index contributed by atoms with van der Waals surface area (Å²) < 4.78 is 5.16. The molecule has 0 aliphatic rings. The Hall–Kier alpha value is -1.73. The SMILES string of the molecule is CCCCOC(=O)c1cc(N)c(Sc2n[nH]c(CC)n2)c(Cl)c1. The van der Waals surface area contributed by atoms with Crippen molar-refractivity contribution in [3.05, 3.63) is 28.5 Å². The van der Waals surface area contributed by atoms with E-state index in [9.17, 15) is 4.79 Å². The zero-order valence-corrected chi connectivity index (χ0v) is 14.6. The Bertz CT molecular complexity index is 667. The average Bonchev–Trinajstić information content (AvgIpc) is 2.98. The van der Waals surface area contributed by atoms with Crippen LogP contribution in [0.25, 0.3) is 0 Å². The molecule has 1 aromatic heterocycles. The van der Waals surface area contributed by atoms with Crippen LogP contribution in [-0.4, -0.2) is 27.8 Å². The van der Waals surface area contributed by atoms with Gasteiger partial charge in [-0.25, -0.2) is 9.78 Å². The number of rotatable bonds is 7. The molecule has 0 atom stereocenters. The lowest BCUT2D eigenvalue weighted by molar-refractivity contribution is 0.0499. The number of H-pyrrole nitrogens is 1. The number of aromatic amines is 1. The van der Waals surface area contributed by atoms with Crippen LogP contribution >= 0.6 is 23.4 Å². The first-order valence-electron chi connectivity index (χ1n) is 7.40. The van der Waals surface area contributed by atoms with Crippen LogP contribution in [0.2, 0.25) is 5.02 Å². The minimum atomic E-state index is -0.422. The van der Waals surface area contributed by atoms with Gasteiger partial charge in [0.1, 0.15) is 5.82 Å². The highest BCUT2D eigenvalue weighted by molar-refractivity contribution is 7.99. The Morgan fingerprint density at radius 3 is 2.83 bits per heavy atom. The van der Waals surface area contributed by atoms with E-state index in [4.69, 9.17) is 22.1 Å². The van der Waals surface area contributed by atoms with E-state index in [1.807, 2.05) is 13.8 Å². The number of nitrogens with one attached hydrogen (secondary N) is 1. The molecule has 0 spiro atoms. The van der Waals surface area contributed by atoms with E-state index in [0.717, 1.165) is 25.1 Å². The molecule has 0 amide bonds. The van der Waals surface area contributed by atoms with Crippen LogP contribution in [0.1, 0.15) is 42.9 Å². The maximum atomic E-state index is 12.0. The van der Waals surface area contributed by atoms with E-state index in [-0.39, 0.29) is 0 Å². The van der Waals surface area contributed by atoms with Crippen molar-refractivity contribution in [2.75, 3.05) is 12.3 Å². The molecule has 0 fully saturated rings. The zero-order valence-electron chi connectivity index (χ0n) is 13.1. The van der Waals surface area contributed by atoms with Crippen LogP contribution in [-0.2, 0) is 11.2 Å². The number of carbonyl (C=O) groups excluding carboxylic acids is 1. The Labute approximate surface area is 144 Å². The van der Waals surface area contributed by atoms with Gasteiger partial charge in [0.05, 0.1) is 22.1 Å². The summed E-state index contributed by atoms with van der Waals surface area (Å²) in [5.41, 5.74) is 6.76. The van der Waals surface area contributed by atoms with Crippen LogP contribution in [0.4, 0.5) is 5.69 Å². The second-order valence-electron chi connectivity index (χ2n) is 4.89. The van der Waals surface area contributed by atoms with E-state index < -0.39 is 5.97 Å². The molecule has 0 unspecified atom stereocenters. The highest BCUT2D eigenvalue weighted by Gasteiger charge is 2.16. The van der Waals surface area contributed by atoms with E-state index in [0.29, 0.717) is 32.9 Å². The van der Waals surface area contributed by atoms with Gasteiger partial charge in [-0.1, -0.05) is 31.9 Å². The highest BCUT2D eigenvalue weighted by Crippen LogP contribution is 2.37. The largest absolute Gasteiger partial charge is 0.462 e. The molecule has 8 heteroatoms. The number of unbranched alkanes of at least 4 members (excludes halogenated alkanes) is 1. The predicted molar refractivity (Wildman–Crippen MR) is 90.9 cm³/mol. The Kier molecular flexibility index (Phi) is 6.29. The number of anilines is 1. The number of benzene rings is 1. The van der Waals surface area contributed by atoms with E-state index in [2.05, 4.69) is 15.2 Å². The molecule has 1 aromatic carbocycles. The number of halogens is 1. The topological polar surface area (TPSA) is 93.9 Å². The van der Waals surface area contributed by atoms with Gasteiger partial charge >= 0.3 is 5.97 Å². The summed E-state index contributed by atoms with van der Waals surface area (Å²) >= 11 is 7.51. The molecule has 6 nitrogen and oxygen atoms in total. The Morgan fingerprint density at radius 1 is 1.43 bits per heavy atom. The van der Waals surface area contributed by atoms with Crippen LogP contribution in [0.15, 0.2) is 22.2 Å². The van der Waals surface area contributed by atoms with Gasteiger partial charge in [0.15, 0.2) is 0 Å². The van der Waals surface area contributed by atoms with Crippen LogP contribution < -0.4 is 5.73 Å². The summed E-state index contributed by atoms with van der Waals surface area (Å²) in [7, 11) is 0. The second-order valence-corrected chi connectivity index (χ2v) is 6.27. The summed E-state index contributed by atoms with van der Waals surface area (Å²) in [6, 6.07) is 3.12. The molecule has 124 valence electrons. The van der Waals surface area contributed by atoms with E-state index >= 15 is 0 Å². The first kappa shape index (κ1) is 17.6. The third-order valence-electron chi connectivity index (χ3n) is 3.08. The van der Waals surface area contributed by atoms with Gasteiger partial charge in [0, 0.05) is 12.1 Å². The number of hydrogen-bond acceptors (Lipinski definition) is 6. The van der Waals surface area contributed by atoms with Crippen molar-refractivity contribution < 1.29 is 9.53 Å². The quantitative estimate of drug-likeness (QED) is 0.447. The van der Waals surface area contributed by atoms with Crippen molar-refractivity contribution in [3.8, 4) is 0 Å². The average molecular weight is 355 g/mol. The molecule has 2 rings (SSSR count). The monoisotopic (exact) mass is 354 g/mol. The zero-order chi connectivity index (χ0) is 16.8.